The zero-order valence-corrected chi connectivity index (χ0v) is 37.8. The standard InChI is InChI=1S/C63H56N2/c1-46(2)54(37-35-51-25-15-11-16-26-51)42-49(5)64(58-40-38-53(39-41-58)60-32-22-23-33-61(60)59-31-21-10-8-7-9-14-24-47(59)3)48(4)34-36-55-44-56(52-27-17-12-18-28-52)45-63-62(55)43-50(6)65(63)57-29-19-13-20-30-57/h7,9-35,37-45H,1,3,5,8,36H2,2,4,6H3/b9-7-,21-10-,24-14-,37-35-,48-34+,54-42-,59-31+. The third-order valence-corrected chi connectivity index (χ3v) is 11.9. The number of aryl methyl sites for hydroxylation is 1. The van der Waals surface area contributed by atoms with E-state index in [1.165, 1.54) is 33.3 Å². The van der Waals surface area contributed by atoms with Gasteiger partial charge in [0.15, 0.2) is 0 Å². The zero-order valence-electron chi connectivity index (χ0n) is 37.8. The van der Waals surface area contributed by atoms with E-state index in [9.17, 15) is 0 Å². The molecule has 318 valence electrons. The largest absolute Gasteiger partial charge is 0.315 e. The summed E-state index contributed by atoms with van der Waals surface area (Å²) in [6.45, 7) is 20.0. The van der Waals surface area contributed by atoms with Crippen molar-refractivity contribution in [2.75, 3.05) is 4.90 Å². The minimum absolute atomic E-state index is 0.721. The third-order valence-electron chi connectivity index (χ3n) is 11.9. The van der Waals surface area contributed by atoms with E-state index in [0.717, 1.165) is 80.2 Å². The lowest BCUT2D eigenvalue weighted by Gasteiger charge is -2.27. The number of para-hydroxylation sites is 1. The summed E-state index contributed by atoms with van der Waals surface area (Å²) in [5.74, 6) is 0. The first kappa shape index (κ1) is 43.7. The fraction of sp³-hybridized carbons (Fsp3) is 0.0794. The molecule has 1 aromatic heterocycles. The maximum absolute atomic E-state index is 4.73. The molecule has 7 aromatic rings. The van der Waals surface area contributed by atoms with E-state index in [4.69, 9.17) is 6.58 Å². The van der Waals surface area contributed by atoms with Gasteiger partial charge in [0.2, 0.25) is 0 Å². The van der Waals surface area contributed by atoms with Gasteiger partial charge in [-0.15, -0.1) is 0 Å². The van der Waals surface area contributed by atoms with E-state index in [1.54, 1.807) is 0 Å². The van der Waals surface area contributed by atoms with E-state index in [-0.39, 0.29) is 0 Å². The van der Waals surface area contributed by atoms with Gasteiger partial charge in [0, 0.05) is 33.8 Å². The minimum atomic E-state index is 0.721. The van der Waals surface area contributed by atoms with Crippen molar-refractivity contribution in [1.82, 2.24) is 4.57 Å². The van der Waals surface area contributed by atoms with Crippen molar-refractivity contribution in [2.45, 2.75) is 33.6 Å². The molecule has 0 unspecified atom stereocenters. The van der Waals surface area contributed by atoms with Crippen molar-refractivity contribution in [2.24, 2.45) is 0 Å². The lowest BCUT2D eigenvalue weighted by Crippen LogP contribution is -2.19. The van der Waals surface area contributed by atoms with Crippen LogP contribution >= 0.6 is 0 Å². The highest BCUT2D eigenvalue weighted by atomic mass is 15.1. The Morgan fingerprint density at radius 2 is 1.34 bits per heavy atom. The summed E-state index contributed by atoms with van der Waals surface area (Å²) in [6, 6.07) is 56.2. The van der Waals surface area contributed by atoms with Gasteiger partial charge in [0.1, 0.15) is 0 Å². The summed E-state index contributed by atoms with van der Waals surface area (Å²) in [6.07, 6.45) is 25.2. The Hall–Kier alpha value is -7.94. The van der Waals surface area contributed by atoms with Crippen LogP contribution in [0.3, 0.4) is 0 Å². The molecule has 0 atom stereocenters. The minimum Gasteiger partial charge on any atom is -0.315 e. The molecule has 1 aliphatic rings. The summed E-state index contributed by atoms with van der Waals surface area (Å²) >= 11 is 0. The van der Waals surface area contributed by atoms with Crippen LogP contribution in [0, 0.1) is 6.92 Å². The maximum atomic E-state index is 4.73. The first-order chi connectivity index (χ1) is 31.7. The van der Waals surface area contributed by atoms with E-state index < -0.39 is 0 Å². The number of nitrogens with zero attached hydrogens (tertiary/aromatic N) is 2. The third kappa shape index (κ3) is 10.3. The molecule has 1 heterocycles. The smallest absolute Gasteiger partial charge is 0.0540 e. The van der Waals surface area contributed by atoms with Gasteiger partial charge in [0.05, 0.1) is 5.52 Å². The van der Waals surface area contributed by atoms with Gasteiger partial charge in [-0.25, -0.2) is 0 Å². The Kier molecular flexibility index (Phi) is 13.8. The van der Waals surface area contributed by atoms with Gasteiger partial charge in [-0.1, -0.05) is 207 Å². The van der Waals surface area contributed by atoms with Gasteiger partial charge in [0.25, 0.3) is 0 Å². The van der Waals surface area contributed by atoms with Crippen molar-refractivity contribution in [1.29, 1.82) is 0 Å². The molecule has 8 rings (SSSR count). The van der Waals surface area contributed by atoms with Gasteiger partial charge in [-0.3, -0.25) is 0 Å². The molecule has 0 aliphatic heterocycles. The molecular formula is C63H56N2. The number of benzene rings is 6. The number of aromatic nitrogens is 1. The average Bonchev–Trinajstić information content (AvgIpc) is 3.68. The second-order valence-corrected chi connectivity index (χ2v) is 16.5. The molecule has 1 aliphatic carbocycles. The zero-order chi connectivity index (χ0) is 45.1. The molecule has 0 fully saturated rings. The number of fused-ring (bicyclic) bond motifs is 1. The van der Waals surface area contributed by atoms with Crippen molar-refractivity contribution in [3.63, 3.8) is 0 Å². The summed E-state index contributed by atoms with van der Waals surface area (Å²) < 4.78 is 2.37. The summed E-state index contributed by atoms with van der Waals surface area (Å²) in [7, 11) is 0. The molecule has 0 saturated heterocycles. The first-order valence-corrected chi connectivity index (χ1v) is 22.4. The summed E-state index contributed by atoms with van der Waals surface area (Å²) in [5.41, 5.74) is 18.7. The molecule has 0 saturated carbocycles. The van der Waals surface area contributed by atoms with E-state index in [2.05, 4.69) is 255 Å². The second kappa shape index (κ2) is 20.5. The fourth-order valence-corrected chi connectivity index (χ4v) is 8.52. The van der Waals surface area contributed by atoms with Gasteiger partial charge in [-0.2, -0.15) is 0 Å². The van der Waals surface area contributed by atoms with Crippen LogP contribution in [0.1, 0.15) is 42.7 Å². The quantitative estimate of drug-likeness (QED) is 0.105. The van der Waals surface area contributed by atoms with Crippen LogP contribution in [0.15, 0.2) is 266 Å². The van der Waals surface area contributed by atoms with Crippen LogP contribution in [0.25, 0.3) is 50.5 Å². The number of hydrogen-bond donors (Lipinski definition) is 0. The highest BCUT2D eigenvalue weighted by molar-refractivity contribution is 5.92. The lowest BCUT2D eigenvalue weighted by molar-refractivity contribution is 1.05. The van der Waals surface area contributed by atoms with E-state index in [1.807, 2.05) is 13.0 Å². The molecular weight excluding hydrogens is 785 g/mol. The molecule has 0 bridgehead atoms. The highest BCUT2D eigenvalue weighted by Crippen LogP contribution is 2.37. The van der Waals surface area contributed by atoms with E-state index >= 15 is 0 Å². The van der Waals surface area contributed by atoms with Crippen molar-refractivity contribution >= 4 is 28.2 Å². The molecule has 0 amide bonds. The monoisotopic (exact) mass is 840 g/mol. The molecule has 2 heteroatoms. The average molecular weight is 841 g/mol. The highest BCUT2D eigenvalue weighted by Gasteiger charge is 2.17. The molecule has 65 heavy (non-hydrogen) atoms. The molecule has 2 nitrogen and oxygen atoms in total. The fourth-order valence-electron chi connectivity index (χ4n) is 8.52. The van der Waals surface area contributed by atoms with Crippen molar-refractivity contribution in [3.05, 3.63) is 289 Å². The van der Waals surface area contributed by atoms with Crippen molar-refractivity contribution in [3.8, 4) is 27.9 Å². The number of allylic oxidation sites excluding steroid dienone is 15. The lowest BCUT2D eigenvalue weighted by atomic mass is 9.90. The number of hydrogen-bond acceptors (Lipinski definition) is 1. The maximum Gasteiger partial charge on any atom is 0.0540 e. The number of rotatable bonds is 13. The molecule has 0 radical (unpaired) electrons. The Labute approximate surface area is 386 Å². The predicted molar refractivity (Wildman–Crippen MR) is 282 cm³/mol. The SMILES string of the molecule is C=C(C)C(/C=C\c1ccccc1)=C\C(=C)N(/C(C)=C/Cc1cc(-c2ccccc2)cc2c1cc(C)n2-c1ccccc1)c1ccc(-c2ccccc2/C2=C/C=C\C/C=C\C=C/C2=C)cc1. The molecule has 0 N–H and O–H groups in total. The van der Waals surface area contributed by atoms with Crippen LogP contribution in [-0.2, 0) is 6.42 Å². The van der Waals surface area contributed by atoms with Gasteiger partial charge >= 0.3 is 0 Å². The molecule has 0 spiro atoms. The van der Waals surface area contributed by atoms with Crippen LogP contribution in [0.5, 0.6) is 0 Å². The second-order valence-electron chi connectivity index (χ2n) is 16.5. The Balaban J connectivity index is 1.21. The normalized spacial score (nSPS) is 15.6. The first-order valence-electron chi connectivity index (χ1n) is 22.4. The Morgan fingerprint density at radius 3 is 2.06 bits per heavy atom. The number of anilines is 1. The van der Waals surface area contributed by atoms with Crippen LogP contribution in [0.2, 0.25) is 0 Å². The van der Waals surface area contributed by atoms with Crippen LogP contribution in [-0.4, -0.2) is 4.57 Å². The van der Waals surface area contributed by atoms with E-state index in [0.29, 0.717) is 0 Å². The predicted octanol–water partition coefficient (Wildman–Crippen LogP) is 17.0. The van der Waals surface area contributed by atoms with Gasteiger partial charge in [-0.05, 0) is 132 Å². The Bertz CT molecular complexity index is 3070. The topological polar surface area (TPSA) is 8.17 Å². The Morgan fingerprint density at radius 1 is 0.677 bits per heavy atom. The van der Waals surface area contributed by atoms with Crippen LogP contribution in [0.4, 0.5) is 5.69 Å². The van der Waals surface area contributed by atoms with Gasteiger partial charge < -0.3 is 9.47 Å². The summed E-state index contributed by atoms with van der Waals surface area (Å²) in [4.78, 5) is 2.27. The summed E-state index contributed by atoms with van der Waals surface area (Å²) in [5, 5.41) is 1.25. The van der Waals surface area contributed by atoms with Crippen molar-refractivity contribution < 1.29 is 0 Å². The van der Waals surface area contributed by atoms with Crippen LogP contribution < -0.4 is 4.90 Å². The molecule has 6 aromatic carbocycles.